The molecule has 0 aliphatic rings. The van der Waals surface area contributed by atoms with Crippen molar-refractivity contribution in [2.45, 2.75) is 0 Å². The molecule has 82 valence electrons. The Morgan fingerprint density at radius 1 is 1.53 bits per heavy atom. The molecular formula is C9H11ClN2O3. The first-order chi connectivity index (χ1) is 7.15. The Kier molecular flexibility index (Phi) is 6.08. The largest absolute Gasteiger partial charge is 0.478 e. The standard InChI is InChI=1S/C8H6ClNO3.CH5N/c9-5-1-2-6(8(12)13)7(3-5)10-4-11;1-2/h1-4H,(H,10,11)(H,12,13);2H2,1H3. The van der Waals surface area contributed by atoms with Gasteiger partial charge in [-0.15, -0.1) is 0 Å². The second-order valence-corrected chi connectivity index (χ2v) is 2.69. The normalized spacial score (nSPS) is 8.47. The minimum Gasteiger partial charge on any atom is -0.478 e. The van der Waals surface area contributed by atoms with Gasteiger partial charge >= 0.3 is 5.97 Å². The van der Waals surface area contributed by atoms with E-state index in [1.54, 1.807) is 0 Å². The molecule has 0 saturated carbocycles. The maximum Gasteiger partial charge on any atom is 0.337 e. The van der Waals surface area contributed by atoms with Crippen molar-refractivity contribution in [2.75, 3.05) is 12.4 Å². The molecule has 0 aliphatic carbocycles. The van der Waals surface area contributed by atoms with Crippen LogP contribution in [0.25, 0.3) is 0 Å². The summed E-state index contributed by atoms with van der Waals surface area (Å²) in [4.78, 5) is 20.7. The van der Waals surface area contributed by atoms with Crippen LogP contribution < -0.4 is 11.1 Å². The van der Waals surface area contributed by atoms with E-state index in [0.717, 1.165) is 0 Å². The van der Waals surface area contributed by atoms with E-state index in [2.05, 4.69) is 11.1 Å². The van der Waals surface area contributed by atoms with E-state index in [4.69, 9.17) is 16.7 Å². The van der Waals surface area contributed by atoms with Gasteiger partial charge in [0.15, 0.2) is 0 Å². The van der Waals surface area contributed by atoms with Crippen LogP contribution in [0, 0.1) is 0 Å². The first-order valence-corrected chi connectivity index (χ1v) is 4.33. The topological polar surface area (TPSA) is 92.4 Å². The van der Waals surface area contributed by atoms with Crippen molar-refractivity contribution in [1.82, 2.24) is 0 Å². The van der Waals surface area contributed by atoms with Gasteiger partial charge in [-0.1, -0.05) is 11.6 Å². The highest BCUT2D eigenvalue weighted by Crippen LogP contribution is 2.20. The number of carboxylic acid groups (broad SMARTS) is 1. The van der Waals surface area contributed by atoms with Crippen LogP contribution in [0.2, 0.25) is 5.02 Å². The van der Waals surface area contributed by atoms with Crippen molar-refractivity contribution in [3.05, 3.63) is 28.8 Å². The number of halogens is 1. The SMILES string of the molecule is CN.O=CNc1cc(Cl)ccc1C(=O)O. The summed E-state index contributed by atoms with van der Waals surface area (Å²) in [5.41, 5.74) is 4.70. The van der Waals surface area contributed by atoms with Crippen LogP contribution in [0.3, 0.4) is 0 Å². The molecule has 0 aliphatic heterocycles. The van der Waals surface area contributed by atoms with Crippen molar-refractivity contribution in [3.8, 4) is 0 Å². The molecule has 1 aromatic rings. The van der Waals surface area contributed by atoms with Crippen LogP contribution in [0.4, 0.5) is 5.69 Å². The number of hydrogen-bond acceptors (Lipinski definition) is 3. The number of carbonyl (C=O) groups is 2. The lowest BCUT2D eigenvalue weighted by atomic mass is 10.2. The highest BCUT2D eigenvalue weighted by atomic mass is 35.5. The third-order valence-corrected chi connectivity index (χ3v) is 1.66. The van der Waals surface area contributed by atoms with E-state index >= 15 is 0 Å². The molecular weight excluding hydrogens is 220 g/mol. The summed E-state index contributed by atoms with van der Waals surface area (Å²) in [5, 5.41) is 11.3. The van der Waals surface area contributed by atoms with Gasteiger partial charge in [0.1, 0.15) is 0 Å². The summed E-state index contributed by atoms with van der Waals surface area (Å²) >= 11 is 5.61. The molecule has 4 N–H and O–H groups in total. The molecule has 1 amide bonds. The van der Waals surface area contributed by atoms with Gasteiger partial charge in [0.25, 0.3) is 0 Å². The highest BCUT2D eigenvalue weighted by molar-refractivity contribution is 6.31. The minimum absolute atomic E-state index is 0.0106. The van der Waals surface area contributed by atoms with Crippen molar-refractivity contribution < 1.29 is 14.7 Å². The summed E-state index contributed by atoms with van der Waals surface area (Å²) in [6.45, 7) is 0. The molecule has 5 nitrogen and oxygen atoms in total. The average molecular weight is 231 g/mol. The lowest BCUT2D eigenvalue weighted by Crippen LogP contribution is -2.04. The molecule has 15 heavy (non-hydrogen) atoms. The number of carboxylic acids is 1. The van der Waals surface area contributed by atoms with Crippen molar-refractivity contribution >= 4 is 29.7 Å². The molecule has 0 heterocycles. The Morgan fingerprint density at radius 2 is 2.13 bits per heavy atom. The van der Waals surface area contributed by atoms with Crippen LogP contribution in [-0.4, -0.2) is 24.5 Å². The minimum atomic E-state index is -1.11. The number of carbonyl (C=O) groups excluding carboxylic acids is 1. The number of hydrogen-bond donors (Lipinski definition) is 3. The Balaban J connectivity index is 0.000000921. The lowest BCUT2D eigenvalue weighted by molar-refractivity contribution is -0.105. The van der Waals surface area contributed by atoms with E-state index < -0.39 is 5.97 Å². The average Bonchev–Trinajstić information content (AvgIpc) is 2.21. The van der Waals surface area contributed by atoms with Gasteiger partial charge in [-0.2, -0.15) is 0 Å². The van der Waals surface area contributed by atoms with E-state index in [1.807, 2.05) is 0 Å². The van der Waals surface area contributed by atoms with Crippen LogP contribution in [-0.2, 0) is 4.79 Å². The van der Waals surface area contributed by atoms with E-state index in [0.29, 0.717) is 11.4 Å². The monoisotopic (exact) mass is 230 g/mol. The second-order valence-electron chi connectivity index (χ2n) is 2.26. The first kappa shape index (κ1) is 13.4. The number of aromatic carboxylic acids is 1. The summed E-state index contributed by atoms with van der Waals surface area (Å²) in [6, 6.07) is 4.15. The van der Waals surface area contributed by atoms with Crippen molar-refractivity contribution in [3.63, 3.8) is 0 Å². The molecule has 0 unspecified atom stereocenters. The van der Waals surface area contributed by atoms with E-state index in [1.165, 1.54) is 25.2 Å². The summed E-state index contributed by atoms with van der Waals surface area (Å²) < 4.78 is 0. The van der Waals surface area contributed by atoms with Crippen LogP contribution in [0.1, 0.15) is 10.4 Å². The summed E-state index contributed by atoms with van der Waals surface area (Å²) in [6.07, 6.45) is 0.401. The molecule has 1 rings (SSSR count). The number of rotatable bonds is 3. The molecule has 0 aromatic heterocycles. The predicted octanol–water partition coefficient (Wildman–Crippen LogP) is 1.18. The number of amides is 1. The third-order valence-electron chi connectivity index (χ3n) is 1.43. The quantitative estimate of drug-likeness (QED) is 0.680. The number of benzene rings is 1. The molecule has 0 atom stereocenters. The van der Waals surface area contributed by atoms with Gasteiger partial charge in [0.2, 0.25) is 6.41 Å². The van der Waals surface area contributed by atoms with Crippen molar-refractivity contribution in [1.29, 1.82) is 0 Å². The number of anilines is 1. The molecule has 6 heteroatoms. The smallest absolute Gasteiger partial charge is 0.337 e. The van der Waals surface area contributed by atoms with Gasteiger partial charge in [-0.05, 0) is 25.2 Å². The Bertz CT molecular complexity index is 355. The first-order valence-electron chi connectivity index (χ1n) is 3.96. The van der Waals surface area contributed by atoms with Crippen LogP contribution >= 0.6 is 11.6 Å². The van der Waals surface area contributed by atoms with E-state index in [-0.39, 0.29) is 11.3 Å². The Hall–Kier alpha value is -1.59. The van der Waals surface area contributed by atoms with Crippen LogP contribution in [0.15, 0.2) is 18.2 Å². The zero-order chi connectivity index (χ0) is 11.8. The number of nitrogens with two attached hydrogens (primary N) is 1. The molecule has 1 aromatic carbocycles. The Morgan fingerprint density at radius 3 is 2.60 bits per heavy atom. The fourth-order valence-corrected chi connectivity index (χ4v) is 1.06. The lowest BCUT2D eigenvalue weighted by Gasteiger charge is -2.03. The van der Waals surface area contributed by atoms with Gasteiger partial charge < -0.3 is 16.2 Å². The fraction of sp³-hybridized carbons (Fsp3) is 0.111. The predicted molar refractivity (Wildman–Crippen MR) is 58.2 cm³/mol. The maximum atomic E-state index is 10.6. The summed E-state index contributed by atoms with van der Waals surface area (Å²) in [7, 11) is 1.50. The van der Waals surface area contributed by atoms with Gasteiger partial charge in [0, 0.05) is 5.02 Å². The molecule has 0 saturated heterocycles. The maximum absolute atomic E-state index is 10.6. The zero-order valence-corrected chi connectivity index (χ0v) is 8.78. The Labute approximate surface area is 91.8 Å². The molecule has 0 spiro atoms. The van der Waals surface area contributed by atoms with Crippen LogP contribution in [0.5, 0.6) is 0 Å². The van der Waals surface area contributed by atoms with E-state index in [9.17, 15) is 9.59 Å². The molecule has 0 radical (unpaired) electrons. The fourth-order valence-electron chi connectivity index (χ4n) is 0.886. The summed E-state index contributed by atoms with van der Waals surface area (Å²) in [5.74, 6) is -1.11. The van der Waals surface area contributed by atoms with Crippen molar-refractivity contribution in [2.24, 2.45) is 5.73 Å². The third kappa shape index (κ3) is 3.97. The molecule has 0 bridgehead atoms. The second kappa shape index (κ2) is 6.80. The van der Waals surface area contributed by atoms with Gasteiger partial charge in [-0.3, -0.25) is 4.79 Å². The number of nitrogens with one attached hydrogen (secondary N) is 1. The van der Waals surface area contributed by atoms with Gasteiger partial charge in [0.05, 0.1) is 11.3 Å². The highest BCUT2D eigenvalue weighted by Gasteiger charge is 2.09. The molecule has 0 fully saturated rings. The zero-order valence-electron chi connectivity index (χ0n) is 8.03. The van der Waals surface area contributed by atoms with Gasteiger partial charge in [-0.25, -0.2) is 4.79 Å².